The first-order valence-corrected chi connectivity index (χ1v) is 6.14. The van der Waals surface area contributed by atoms with Gasteiger partial charge < -0.3 is 4.74 Å². The molecule has 20 heavy (non-hydrogen) atoms. The molecule has 0 spiro atoms. The van der Waals surface area contributed by atoms with Gasteiger partial charge in [-0.3, -0.25) is 0 Å². The number of nitrogens with zero attached hydrogens (tertiary/aromatic N) is 4. The van der Waals surface area contributed by atoms with Crippen molar-refractivity contribution < 1.29 is 4.74 Å². The number of aromatic nitrogens is 3. The van der Waals surface area contributed by atoms with Gasteiger partial charge in [0.25, 0.3) is 0 Å². The van der Waals surface area contributed by atoms with E-state index in [9.17, 15) is 0 Å². The lowest BCUT2D eigenvalue weighted by molar-refractivity contribution is 0.185. The van der Waals surface area contributed by atoms with E-state index in [1.807, 2.05) is 24.3 Å². The van der Waals surface area contributed by atoms with Crippen LogP contribution < -0.4 is 0 Å². The van der Waals surface area contributed by atoms with Gasteiger partial charge >= 0.3 is 0 Å². The number of hydrogen-bond donors (Lipinski definition) is 0. The maximum atomic E-state index is 8.86. The molecule has 0 N–H and O–H groups in total. The van der Waals surface area contributed by atoms with Crippen LogP contribution in [0, 0.1) is 11.3 Å². The van der Waals surface area contributed by atoms with Gasteiger partial charge in [0.2, 0.25) is 0 Å². The zero-order valence-electron chi connectivity index (χ0n) is 10.9. The minimum atomic E-state index is 0.520. The monoisotopic (exact) mass is 264 g/mol. The highest BCUT2D eigenvalue weighted by atomic mass is 16.5. The maximum Gasteiger partial charge on any atom is 0.156 e. The van der Waals surface area contributed by atoms with Crippen molar-refractivity contribution in [2.24, 2.45) is 0 Å². The number of ether oxygens (including phenoxy) is 1. The summed E-state index contributed by atoms with van der Waals surface area (Å²) in [7, 11) is 1.66. The van der Waals surface area contributed by atoms with E-state index in [2.05, 4.69) is 16.2 Å². The van der Waals surface area contributed by atoms with Crippen molar-refractivity contribution in [3.8, 4) is 17.3 Å². The van der Waals surface area contributed by atoms with E-state index in [4.69, 9.17) is 10.00 Å². The zero-order chi connectivity index (χ0) is 13.9. The smallest absolute Gasteiger partial charge is 0.156 e. The lowest BCUT2D eigenvalue weighted by Gasteiger charge is -2.08. The second kappa shape index (κ2) is 5.11. The number of pyridine rings is 1. The number of methoxy groups -OCH3 is 1. The van der Waals surface area contributed by atoms with Gasteiger partial charge in [0.05, 0.1) is 23.9 Å². The molecule has 0 radical (unpaired) electrons. The molecular formula is C15H12N4O. The van der Waals surface area contributed by atoms with Gasteiger partial charge in [-0.05, 0) is 29.8 Å². The van der Waals surface area contributed by atoms with Crippen LogP contribution in [0.1, 0.15) is 11.1 Å². The van der Waals surface area contributed by atoms with Crippen molar-refractivity contribution in [3.05, 3.63) is 53.9 Å². The normalized spacial score (nSPS) is 10.6. The van der Waals surface area contributed by atoms with Gasteiger partial charge in [-0.25, -0.2) is 9.50 Å². The van der Waals surface area contributed by atoms with Crippen molar-refractivity contribution in [1.82, 2.24) is 14.6 Å². The number of hydrogen-bond acceptors (Lipinski definition) is 4. The van der Waals surface area contributed by atoms with E-state index < -0.39 is 0 Å². The Morgan fingerprint density at radius 1 is 1.25 bits per heavy atom. The Hall–Kier alpha value is -2.71. The standard InChI is InChI=1S/C15H12N4O/c1-20-9-12-6-14(19-15(7-12)17-10-18-19)13-4-2-11(8-16)3-5-13/h2-7,10H,9H2,1H3. The molecular weight excluding hydrogens is 252 g/mol. The van der Waals surface area contributed by atoms with Crippen LogP contribution in [0.2, 0.25) is 0 Å². The molecule has 0 fully saturated rings. The average Bonchev–Trinajstić information content (AvgIpc) is 2.95. The fourth-order valence-electron chi connectivity index (χ4n) is 2.15. The van der Waals surface area contributed by atoms with Crippen LogP contribution in [0.15, 0.2) is 42.7 Å². The first-order valence-electron chi connectivity index (χ1n) is 6.14. The molecule has 0 aliphatic heterocycles. The molecule has 0 amide bonds. The first-order chi connectivity index (χ1) is 9.81. The predicted molar refractivity (Wildman–Crippen MR) is 73.9 cm³/mol. The van der Waals surface area contributed by atoms with Gasteiger partial charge in [-0.2, -0.15) is 10.4 Å². The van der Waals surface area contributed by atoms with Crippen LogP contribution in [0.4, 0.5) is 0 Å². The Morgan fingerprint density at radius 2 is 2.05 bits per heavy atom. The van der Waals surface area contributed by atoms with Crippen molar-refractivity contribution >= 4 is 5.65 Å². The molecule has 1 aromatic carbocycles. The molecule has 0 atom stereocenters. The van der Waals surface area contributed by atoms with Gasteiger partial charge in [-0.15, -0.1) is 0 Å². The highest BCUT2D eigenvalue weighted by Gasteiger charge is 2.08. The van der Waals surface area contributed by atoms with E-state index in [1.54, 1.807) is 23.8 Å². The number of rotatable bonds is 3. The molecule has 98 valence electrons. The SMILES string of the molecule is COCc1cc(-c2ccc(C#N)cc2)n2ncnc2c1. The van der Waals surface area contributed by atoms with Crippen molar-refractivity contribution in [3.63, 3.8) is 0 Å². The Kier molecular flexibility index (Phi) is 3.15. The molecule has 0 saturated heterocycles. The van der Waals surface area contributed by atoms with Crippen LogP contribution in [0.3, 0.4) is 0 Å². The average molecular weight is 264 g/mol. The van der Waals surface area contributed by atoms with E-state index in [-0.39, 0.29) is 0 Å². The Bertz CT molecular complexity index is 784. The lowest BCUT2D eigenvalue weighted by Crippen LogP contribution is -1.98. The largest absolute Gasteiger partial charge is 0.380 e. The molecule has 3 rings (SSSR count). The topological polar surface area (TPSA) is 63.2 Å². The third kappa shape index (κ3) is 2.13. The molecule has 2 aromatic heterocycles. The molecule has 0 bridgehead atoms. The highest BCUT2D eigenvalue weighted by Crippen LogP contribution is 2.22. The summed E-state index contributed by atoms with van der Waals surface area (Å²) in [5.74, 6) is 0. The molecule has 2 heterocycles. The zero-order valence-corrected chi connectivity index (χ0v) is 10.9. The fourth-order valence-corrected chi connectivity index (χ4v) is 2.15. The van der Waals surface area contributed by atoms with Gasteiger partial charge in [-0.1, -0.05) is 12.1 Å². The summed E-state index contributed by atoms with van der Waals surface area (Å²) in [5.41, 5.74) is 4.36. The summed E-state index contributed by atoms with van der Waals surface area (Å²) in [6.45, 7) is 0.520. The van der Waals surface area contributed by atoms with Crippen LogP contribution in [0.25, 0.3) is 16.9 Å². The van der Waals surface area contributed by atoms with Crippen LogP contribution in [-0.2, 0) is 11.3 Å². The van der Waals surface area contributed by atoms with Gasteiger partial charge in [0.1, 0.15) is 6.33 Å². The van der Waals surface area contributed by atoms with Crippen LogP contribution >= 0.6 is 0 Å². The molecule has 5 nitrogen and oxygen atoms in total. The molecule has 0 aliphatic carbocycles. The van der Waals surface area contributed by atoms with Crippen LogP contribution in [-0.4, -0.2) is 21.7 Å². The van der Waals surface area contributed by atoms with Gasteiger partial charge in [0, 0.05) is 12.7 Å². The summed E-state index contributed by atoms with van der Waals surface area (Å²) in [6.07, 6.45) is 1.53. The quantitative estimate of drug-likeness (QED) is 0.728. The van der Waals surface area contributed by atoms with Crippen molar-refractivity contribution in [2.45, 2.75) is 6.61 Å². The summed E-state index contributed by atoms with van der Waals surface area (Å²) >= 11 is 0. The lowest BCUT2D eigenvalue weighted by atomic mass is 10.1. The molecule has 0 unspecified atom stereocenters. The van der Waals surface area contributed by atoms with Crippen molar-refractivity contribution in [1.29, 1.82) is 5.26 Å². The number of benzene rings is 1. The molecule has 3 aromatic rings. The number of nitriles is 1. The Labute approximate surface area is 116 Å². The highest BCUT2D eigenvalue weighted by molar-refractivity contribution is 5.65. The summed E-state index contributed by atoms with van der Waals surface area (Å²) < 4.78 is 6.96. The van der Waals surface area contributed by atoms with Gasteiger partial charge in [0.15, 0.2) is 5.65 Å². The van der Waals surface area contributed by atoms with Crippen molar-refractivity contribution in [2.75, 3.05) is 7.11 Å². The van der Waals surface area contributed by atoms with E-state index in [1.165, 1.54) is 6.33 Å². The van der Waals surface area contributed by atoms with E-state index in [0.29, 0.717) is 12.2 Å². The second-order valence-corrected chi connectivity index (χ2v) is 4.40. The Morgan fingerprint density at radius 3 is 2.75 bits per heavy atom. The summed E-state index contributed by atoms with van der Waals surface area (Å²) in [6, 6.07) is 13.5. The number of fused-ring (bicyclic) bond motifs is 1. The first kappa shape index (κ1) is 12.3. The third-order valence-electron chi connectivity index (χ3n) is 3.06. The van der Waals surface area contributed by atoms with Crippen LogP contribution in [0.5, 0.6) is 0 Å². The molecule has 5 heteroatoms. The van der Waals surface area contributed by atoms with E-state index >= 15 is 0 Å². The summed E-state index contributed by atoms with van der Waals surface area (Å²) in [5, 5.41) is 13.1. The maximum absolute atomic E-state index is 8.86. The molecule has 0 aliphatic rings. The summed E-state index contributed by atoms with van der Waals surface area (Å²) in [4.78, 5) is 4.23. The molecule has 0 saturated carbocycles. The second-order valence-electron chi connectivity index (χ2n) is 4.40. The minimum absolute atomic E-state index is 0.520. The van der Waals surface area contributed by atoms with E-state index in [0.717, 1.165) is 22.5 Å². The minimum Gasteiger partial charge on any atom is -0.380 e. The Balaban J connectivity index is 2.17. The fraction of sp³-hybridized carbons (Fsp3) is 0.133. The third-order valence-corrected chi connectivity index (χ3v) is 3.06. The predicted octanol–water partition coefficient (Wildman–Crippen LogP) is 2.41.